The molecule has 1 aromatic rings. The van der Waals surface area contributed by atoms with E-state index in [1.165, 1.54) is 0 Å². The van der Waals surface area contributed by atoms with Crippen LogP contribution in [0.15, 0.2) is 18.2 Å². The van der Waals surface area contributed by atoms with Crippen LogP contribution in [-0.2, 0) is 0 Å². The molecule has 0 bridgehead atoms. The van der Waals surface area contributed by atoms with Gasteiger partial charge >= 0.3 is 0 Å². The number of methoxy groups -OCH3 is 1. The van der Waals surface area contributed by atoms with E-state index < -0.39 is 0 Å². The van der Waals surface area contributed by atoms with Crippen LogP contribution >= 0.6 is 11.6 Å². The number of halogens is 1. The topological polar surface area (TPSA) is 29.5 Å². The first kappa shape index (κ1) is 18.0. The van der Waals surface area contributed by atoms with Crippen molar-refractivity contribution in [3.63, 3.8) is 0 Å². The van der Waals surface area contributed by atoms with Crippen LogP contribution in [0.3, 0.4) is 0 Å². The number of hydrogen-bond donors (Lipinski definition) is 0. The third-order valence-electron chi connectivity index (χ3n) is 3.50. The molecule has 1 aromatic carbocycles. The molecular weight excluding hydrogens is 286 g/mol. The molecular formula is C17H26ClNO2. The second kappa shape index (κ2) is 9.80. The van der Waals surface area contributed by atoms with Crippen LogP contribution in [-0.4, -0.2) is 37.4 Å². The van der Waals surface area contributed by atoms with E-state index in [9.17, 15) is 4.79 Å². The van der Waals surface area contributed by atoms with Gasteiger partial charge in [0.05, 0.1) is 18.7 Å². The standard InChI is InChI=1S/C17H26ClNO2/c1-4-6-10-19(11-7-5-2)13-16(20)14-8-9-17(21-3)15(18)12-14/h8-9,12H,4-7,10-11,13H2,1-3H3. The second-order valence-corrected chi connectivity index (χ2v) is 5.66. The van der Waals surface area contributed by atoms with Crippen LogP contribution in [0, 0.1) is 0 Å². The van der Waals surface area contributed by atoms with Gasteiger partial charge in [-0.2, -0.15) is 0 Å². The molecule has 0 atom stereocenters. The molecule has 118 valence electrons. The van der Waals surface area contributed by atoms with Crippen molar-refractivity contribution in [1.82, 2.24) is 4.90 Å². The molecule has 0 unspecified atom stereocenters. The molecule has 1 rings (SSSR count). The lowest BCUT2D eigenvalue weighted by Crippen LogP contribution is -2.31. The number of rotatable bonds is 10. The SMILES string of the molecule is CCCCN(CCCC)CC(=O)c1ccc(OC)c(Cl)c1. The highest BCUT2D eigenvalue weighted by Gasteiger charge is 2.13. The highest BCUT2D eigenvalue weighted by molar-refractivity contribution is 6.32. The molecule has 0 N–H and O–H groups in total. The van der Waals surface area contributed by atoms with Gasteiger partial charge in [0.2, 0.25) is 0 Å². The fraction of sp³-hybridized carbons (Fsp3) is 0.588. The Bertz CT molecular complexity index is 440. The predicted molar refractivity (Wildman–Crippen MR) is 88.6 cm³/mol. The van der Waals surface area contributed by atoms with Gasteiger partial charge in [0, 0.05) is 5.56 Å². The summed E-state index contributed by atoms with van der Waals surface area (Å²) in [4.78, 5) is 14.6. The number of carbonyl (C=O) groups excluding carboxylic acids is 1. The van der Waals surface area contributed by atoms with E-state index in [4.69, 9.17) is 16.3 Å². The molecule has 21 heavy (non-hydrogen) atoms. The molecule has 3 nitrogen and oxygen atoms in total. The lowest BCUT2D eigenvalue weighted by molar-refractivity contribution is 0.0928. The largest absolute Gasteiger partial charge is 0.495 e. The van der Waals surface area contributed by atoms with Gasteiger partial charge in [-0.1, -0.05) is 38.3 Å². The van der Waals surface area contributed by atoms with Gasteiger partial charge in [0.1, 0.15) is 5.75 Å². The first-order valence-corrected chi connectivity index (χ1v) is 8.09. The predicted octanol–water partition coefficient (Wildman–Crippen LogP) is 4.43. The highest BCUT2D eigenvalue weighted by atomic mass is 35.5. The Morgan fingerprint density at radius 1 is 1.19 bits per heavy atom. The monoisotopic (exact) mass is 311 g/mol. The van der Waals surface area contributed by atoms with E-state index in [0.717, 1.165) is 38.8 Å². The van der Waals surface area contributed by atoms with Crippen molar-refractivity contribution in [1.29, 1.82) is 0 Å². The Hall–Kier alpha value is -1.06. The van der Waals surface area contributed by atoms with Gasteiger partial charge in [-0.15, -0.1) is 0 Å². The first-order chi connectivity index (χ1) is 10.1. The molecule has 0 amide bonds. The fourth-order valence-corrected chi connectivity index (χ4v) is 2.43. The first-order valence-electron chi connectivity index (χ1n) is 7.71. The summed E-state index contributed by atoms with van der Waals surface area (Å²) in [5.74, 6) is 0.716. The molecule has 0 fully saturated rings. The summed E-state index contributed by atoms with van der Waals surface area (Å²) in [7, 11) is 1.57. The summed E-state index contributed by atoms with van der Waals surface area (Å²) >= 11 is 6.09. The summed E-state index contributed by atoms with van der Waals surface area (Å²) in [6, 6.07) is 5.23. The maximum atomic E-state index is 12.4. The van der Waals surface area contributed by atoms with Crippen LogP contribution in [0.1, 0.15) is 49.9 Å². The second-order valence-electron chi connectivity index (χ2n) is 5.26. The fourth-order valence-electron chi connectivity index (χ4n) is 2.17. The average molecular weight is 312 g/mol. The van der Waals surface area contributed by atoms with E-state index in [1.807, 2.05) is 0 Å². The maximum absolute atomic E-state index is 12.4. The zero-order valence-electron chi connectivity index (χ0n) is 13.3. The van der Waals surface area contributed by atoms with Crippen molar-refractivity contribution in [2.75, 3.05) is 26.7 Å². The molecule has 0 saturated heterocycles. The number of hydrogen-bond acceptors (Lipinski definition) is 3. The minimum atomic E-state index is 0.117. The van der Waals surface area contributed by atoms with E-state index in [0.29, 0.717) is 22.9 Å². The molecule has 0 aliphatic carbocycles. The molecule has 0 aromatic heterocycles. The Balaban J connectivity index is 2.68. The number of ketones is 1. The molecule has 0 radical (unpaired) electrons. The molecule has 0 heterocycles. The summed E-state index contributed by atoms with van der Waals surface area (Å²) in [6.07, 6.45) is 4.54. The van der Waals surface area contributed by atoms with Crippen molar-refractivity contribution in [2.45, 2.75) is 39.5 Å². The summed E-state index contributed by atoms with van der Waals surface area (Å²) in [5, 5.41) is 0.483. The Morgan fingerprint density at radius 2 is 1.81 bits per heavy atom. The zero-order chi connectivity index (χ0) is 15.7. The highest BCUT2D eigenvalue weighted by Crippen LogP contribution is 2.25. The van der Waals surface area contributed by atoms with Gasteiger partial charge in [-0.05, 0) is 44.1 Å². The summed E-state index contributed by atoms with van der Waals surface area (Å²) in [5.41, 5.74) is 0.652. The van der Waals surface area contributed by atoms with E-state index in [1.54, 1.807) is 25.3 Å². The third kappa shape index (κ3) is 6.06. The Labute approximate surface area is 133 Å². The van der Waals surface area contributed by atoms with Crippen molar-refractivity contribution in [2.24, 2.45) is 0 Å². The van der Waals surface area contributed by atoms with Gasteiger partial charge in [-0.25, -0.2) is 0 Å². The summed E-state index contributed by atoms with van der Waals surface area (Å²) in [6.45, 7) is 6.76. The van der Waals surface area contributed by atoms with Gasteiger partial charge in [-0.3, -0.25) is 9.69 Å². The van der Waals surface area contributed by atoms with E-state index >= 15 is 0 Å². The van der Waals surface area contributed by atoms with Crippen LogP contribution in [0.4, 0.5) is 0 Å². The number of nitrogens with zero attached hydrogens (tertiary/aromatic N) is 1. The van der Waals surface area contributed by atoms with Crippen molar-refractivity contribution < 1.29 is 9.53 Å². The molecule has 0 aliphatic heterocycles. The van der Waals surface area contributed by atoms with Crippen LogP contribution < -0.4 is 4.74 Å². The van der Waals surface area contributed by atoms with Crippen LogP contribution in [0.2, 0.25) is 5.02 Å². The van der Waals surface area contributed by atoms with E-state index in [2.05, 4.69) is 18.7 Å². The minimum absolute atomic E-state index is 0.117. The number of unbranched alkanes of at least 4 members (excludes halogenated alkanes) is 2. The van der Waals surface area contributed by atoms with E-state index in [-0.39, 0.29) is 5.78 Å². The lowest BCUT2D eigenvalue weighted by Gasteiger charge is -2.21. The maximum Gasteiger partial charge on any atom is 0.176 e. The van der Waals surface area contributed by atoms with Gasteiger partial charge < -0.3 is 4.74 Å². The number of ether oxygens (including phenoxy) is 1. The normalized spacial score (nSPS) is 10.9. The molecule has 0 aliphatic rings. The van der Waals surface area contributed by atoms with Gasteiger partial charge in [0.15, 0.2) is 5.78 Å². The van der Waals surface area contributed by atoms with Crippen LogP contribution in [0.5, 0.6) is 5.75 Å². The number of carbonyl (C=O) groups is 1. The molecule has 4 heteroatoms. The lowest BCUT2D eigenvalue weighted by atomic mass is 10.1. The molecule has 0 spiro atoms. The van der Waals surface area contributed by atoms with Crippen molar-refractivity contribution >= 4 is 17.4 Å². The van der Waals surface area contributed by atoms with Crippen LogP contribution in [0.25, 0.3) is 0 Å². The number of Topliss-reactive ketones (excluding diaryl/α,β-unsaturated/α-hetero) is 1. The zero-order valence-corrected chi connectivity index (χ0v) is 14.1. The van der Waals surface area contributed by atoms with Crippen molar-refractivity contribution in [3.8, 4) is 5.75 Å². The molecule has 0 saturated carbocycles. The number of benzene rings is 1. The Kier molecular flexibility index (Phi) is 8.40. The third-order valence-corrected chi connectivity index (χ3v) is 3.79. The smallest absolute Gasteiger partial charge is 0.176 e. The summed E-state index contributed by atoms with van der Waals surface area (Å²) < 4.78 is 5.11. The quantitative estimate of drug-likeness (QED) is 0.598. The van der Waals surface area contributed by atoms with Gasteiger partial charge in [0.25, 0.3) is 0 Å². The average Bonchev–Trinajstić information content (AvgIpc) is 2.49. The minimum Gasteiger partial charge on any atom is -0.495 e. The van der Waals surface area contributed by atoms with Crippen molar-refractivity contribution in [3.05, 3.63) is 28.8 Å². The Morgan fingerprint density at radius 3 is 2.29 bits per heavy atom.